The van der Waals surface area contributed by atoms with Crippen LogP contribution in [0.2, 0.25) is 5.02 Å². The van der Waals surface area contributed by atoms with E-state index in [-0.39, 0.29) is 6.61 Å². The van der Waals surface area contributed by atoms with E-state index in [4.69, 9.17) is 21.1 Å². The Bertz CT molecular complexity index is 827. The fraction of sp³-hybridized carbons (Fsp3) is 0.250. The number of carbonyl (C=O) groups is 2. The maximum absolute atomic E-state index is 12.0. The molecule has 0 aliphatic heterocycles. The van der Waals surface area contributed by atoms with E-state index < -0.39 is 17.5 Å². The number of esters is 1. The number of hydrogen-bond donors (Lipinski definition) is 1. The summed E-state index contributed by atoms with van der Waals surface area (Å²) in [5.74, 6) is -0.303. The topological polar surface area (TPSA) is 77.0 Å². The van der Waals surface area contributed by atoms with Gasteiger partial charge in [0.15, 0.2) is 6.61 Å². The van der Waals surface area contributed by atoms with Crippen LogP contribution in [0.4, 0.5) is 0 Å². The number of hydrazone groups is 1. The van der Waals surface area contributed by atoms with Crippen LogP contribution in [-0.2, 0) is 9.53 Å². The highest BCUT2D eigenvalue weighted by Crippen LogP contribution is 2.15. The van der Waals surface area contributed by atoms with Gasteiger partial charge in [0, 0.05) is 0 Å². The van der Waals surface area contributed by atoms with Gasteiger partial charge in [-0.2, -0.15) is 5.10 Å². The summed E-state index contributed by atoms with van der Waals surface area (Å²) < 4.78 is 10.5. The zero-order chi connectivity index (χ0) is 19.9. The lowest BCUT2D eigenvalue weighted by molar-refractivity contribution is -0.157. The minimum atomic E-state index is -0.546. The first kappa shape index (κ1) is 20.5. The third-order valence-electron chi connectivity index (χ3n) is 3.16. The van der Waals surface area contributed by atoms with Crippen LogP contribution < -0.4 is 10.2 Å². The van der Waals surface area contributed by atoms with E-state index in [1.807, 2.05) is 0 Å². The van der Waals surface area contributed by atoms with Crippen LogP contribution in [0.1, 0.15) is 36.7 Å². The zero-order valence-electron chi connectivity index (χ0n) is 15.4. The molecule has 2 aromatic carbocycles. The Labute approximate surface area is 163 Å². The summed E-state index contributed by atoms with van der Waals surface area (Å²) in [6.45, 7) is 5.22. The quantitative estimate of drug-likeness (QED) is 0.463. The molecule has 2 aromatic rings. The van der Waals surface area contributed by atoms with Gasteiger partial charge in [-0.25, -0.2) is 10.2 Å². The first-order valence-corrected chi connectivity index (χ1v) is 8.65. The van der Waals surface area contributed by atoms with E-state index in [2.05, 4.69) is 10.5 Å². The van der Waals surface area contributed by atoms with Crippen molar-refractivity contribution in [1.82, 2.24) is 5.43 Å². The van der Waals surface area contributed by atoms with Gasteiger partial charge in [-0.15, -0.1) is 0 Å². The van der Waals surface area contributed by atoms with E-state index in [0.29, 0.717) is 16.3 Å². The van der Waals surface area contributed by atoms with Crippen molar-refractivity contribution in [2.45, 2.75) is 26.4 Å². The molecular formula is C20H21ClN2O4. The number of halogens is 1. The normalized spacial score (nSPS) is 11.3. The first-order chi connectivity index (χ1) is 12.7. The monoisotopic (exact) mass is 388 g/mol. The minimum Gasteiger partial charge on any atom is -0.482 e. The molecule has 0 atom stereocenters. The van der Waals surface area contributed by atoms with Gasteiger partial charge in [-0.1, -0.05) is 23.7 Å². The van der Waals surface area contributed by atoms with Crippen molar-refractivity contribution in [2.24, 2.45) is 5.10 Å². The number of carbonyl (C=O) groups excluding carboxylic acids is 2. The molecule has 0 aliphatic rings. The van der Waals surface area contributed by atoms with E-state index >= 15 is 0 Å². The van der Waals surface area contributed by atoms with Crippen molar-refractivity contribution < 1.29 is 19.1 Å². The third kappa shape index (κ3) is 7.11. The summed E-state index contributed by atoms with van der Waals surface area (Å²) in [7, 11) is 0. The highest BCUT2D eigenvalue weighted by Gasteiger charge is 2.16. The van der Waals surface area contributed by atoms with Crippen molar-refractivity contribution in [3.63, 3.8) is 0 Å². The number of amides is 1. The van der Waals surface area contributed by atoms with Gasteiger partial charge in [-0.3, -0.25) is 4.79 Å². The summed E-state index contributed by atoms with van der Waals surface area (Å²) in [4.78, 5) is 23.6. The molecule has 0 saturated carbocycles. The fourth-order valence-electron chi connectivity index (χ4n) is 2.03. The van der Waals surface area contributed by atoms with Crippen LogP contribution in [0.15, 0.2) is 53.6 Å². The van der Waals surface area contributed by atoms with E-state index in [1.165, 1.54) is 6.21 Å². The molecule has 7 heteroatoms. The Kier molecular flexibility index (Phi) is 6.96. The van der Waals surface area contributed by atoms with Crippen LogP contribution >= 0.6 is 11.6 Å². The molecule has 0 spiro atoms. The van der Waals surface area contributed by atoms with Gasteiger partial charge in [0.2, 0.25) is 0 Å². The molecule has 6 nitrogen and oxygen atoms in total. The molecule has 0 heterocycles. The van der Waals surface area contributed by atoms with Gasteiger partial charge in [0.25, 0.3) is 5.91 Å². The molecule has 1 N–H and O–H groups in total. The summed E-state index contributed by atoms with van der Waals surface area (Å²) in [6.07, 6.45) is 1.49. The highest BCUT2D eigenvalue weighted by molar-refractivity contribution is 6.33. The second-order valence-corrected chi connectivity index (χ2v) is 7.03. The lowest BCUT2D eigenvalue weighted by atomic mass is 10.2. The number of ether oxygens (including phenoxy) is 2. The van der Waals surface area contributed by atoms with Gasteiger partial charge < -0.3 is 9.47 Å². The second-order valence-electron chi connectivity index (χ2n) is 6.62. The van der Waals surface area contributed by atoms with Crippen molar-refractivity contribution in [1.29, 1.82) is 0 Å². The number of nitrogens with one attached hydrogen (secondary N) is 1. The summed E-state index contributed by atoms with van der Waals surface area (Å²) in [5.41, 5.74) is 2.97. The molecule has 142 valence electrons. The Morgan fingerprint density at radius 3 is 2.41 bits per heavy atom. The molecule has 0 radical (unpaired) electrons. The van der Waals surface area contributed by atoms with Crippen LogP contribution in [0.3, 0.4) is 0 Å². The lowest BCUT2D eigenvalue weighted by Crippen LogP contribution is -2.27. The summed E-state index contributed by atoms with van der Waals surface area (Å²) >= 11 is 5.96. The van der Waals surface area contributed by atoms with Gasteiger partial charge in [0.05, 0.1) is 16.8 Å². The fourth-order valence-corrected chi connectivity index (χ4v) is 2.26. The maximum atomic E-state index is 12.0. The average Bonchev–Trinajstić information content (AvgIpc) is 2.60. The van der Waals surface area contributed by atoms with Gasteiger partial charge in [-0.05, 0) is 62.7 Å². The number of nitrogens with zero attached hydrogens (tertiary/aromatic N) is 1. The Morgan fingerprint density at radius 1 is 1.11 bits per heavy atom. The van der Waals surface area contributed by atoms with Crippen LogP contribution in [0.5, 0.6) is 5.75 Å². The van der Waals surface area contributed by atoms with Crippen LogP contribution in [0, 0.1) is 0 Å². The number of hydrogen-bond acceptors (Lipinski definition) is 5. The molecule has 27 heavy (non-hydrogen) atoms. The average molecular weight is 389 g/mol. The lowest BCUT2D eigenvalue weighted by Gasteiger charge is -2.19. The molecule has 2 rings (SSSR count). The molecule has 0 aliphatic carbocycles. The first-order valence-electron chi connectivity index (χ1n) is 8.27. The SMILES string of the molecule is CC(C)(C)OC(=O)COc1ccc(C=NNC(=O)c2ccccc2Cl)cc1. The van der Waals surface area contributed by atoms with Crippen molar-refractivity contribution >= 4 is 29.7 Å². The molecular weight excluding hydrogens is 368 g/mol. The summed E-state index contributed by atoms with van der Waals surface area (Å²) in [6, 6.07) is 13.6. The van der Waals surface area contributed by atoms with Crippen LogP contribution in [-0.4, -0.2) is 30.3 Å². The Morgan fingerprint density at radius 2 is 1.78 bits per heavy atom. The van der Waals surface area contributed by atoms with Crippen LogP contribution in [0.25, 0.3) is 0 Å². The van der Waals surface area contributed by atoms with Crippen molar-refractivity contribution in [2.75, 3.05) is 6.61 Å². The second kappa shape index (κ2) is 9.19. The maximum Gasteiger partial charge on any atom is 0.344 e. The summed E-state index contributed by atoms with van der Waals surface area (Å²) in [5, 5.41) is 4.26. The van der Waals surface area contributed by atoms with E-state index in [0.717, 1.165) is 5.56 Å². The smallest absolute Gasteiger partial charge is 0.344 e. The predicted octanol–water partition coefficient (Wildman–Crippen LogP) is 3.82. The highest BCUT2D eigenvalue weighted by atomic mass is 35.5. The third-order valence-corrected chi connectivity index (χ3v) is 3.48. The van der Waals surface area contributed by atoms with Gasteiger partial charge >= 0.3 is 5.97 Å². The predicted molar refractivity (Wildman–Crippen MR) is 104 cm³/mol. The molecule has 1 amide bonds. The molecule has 0 aromatic heterocycles. The molecule has 0 fully saturated rings. The molecule has 0 unspecified atom stereocenters. The van der Waals surface area contributed by atoms with E-state index in [9.17, 15) is 9.59 Å². The number of rotatable bonds is 6. The van der Waals surface area contributed by atoms with E-state index in [1.54, 1.807) is 69.3 Å². The molecule has 0 saturated heterocycles. The van der Waals surface area contributed by atoms with Crippen molar-refractivity contribution in [3.8, 4) is 5.75 Å². The van der Waals surface area contributed by atoms with Crippen molar-refractivity contribution in [3.05, 3.63) is 64.7 Å². The molecule has 0 bridgehead atoms. The Balaban J connectivity index is 1.85. The standard InChI is InChI=1S/C20H21ClN2O4/c1-20(2,3)27-18(24)13-26-15-10-8-14(9-11-15)12-22-23-19(25)16-6-4-5-7-17(16)21/h4-12H,13H2,1-3H3,(H,23,25). The Hall–Kier alpha value is -2.86. The zero-order valence-corrected chi connectivity index (χ0v) is 16.1. The number of benzene rings is 2. The largest absolute Gasteiger partial charge is 0.482 e. The van der Waals surface area contributed by atoms with Gasteiger partial charge in [0.1, 0.15) is 11.4 Å². The minimum absolute atomic E-state index is 0.168.